The van der Waals surface area contributed by atoms with Gasteiger partial charge in [0.05, 0.1) is 26.9 Å². The number of thiophene rings is 1. The van der Waals surface area contributed by atoms with Crippen LogP contribution < -0.4 is 0 Å². The van der Waals surface area contributed by atoms with Crippen molar-refractivity contribution in [3.8, 4) is 38.6 Å². The summed E-state index contributed by atoms with van der Waals surface area (Å²) in [6.07, 6.45) is 1.84. The third kappa shape index (κ3) is 3.78. The van der Waals surface area contributed by atoms with Gasteiger partial charge in [0, 0.05) is 33.8 Å². The summed E-state index contributed by atoms with van der Waals surface area (Å²) in [5.41, 5.74) is 10.2. The molecule has 0 N–H and O–H groups in total. The number of nitrogens with zero attached hydrogens (tertiary/aromatic N) is 3. The van der Waals surface area contributed by atoms with Gasteiger partial charge in [-0.25, -0.2) is 4.98 Å². The van der Waals surface area contributed by atoms with Crippen molar-refractivity contribution in [3.05, 3.63) is 126 Å². The Kier molecular flexibility index (Phi) is 5.18. The molecule has 0 radical (unpaired) electrons. The van der Waals surface area contributed by atoms with Gasteiger partial charge in [0.15, 0.2) is 0 Å². The fourth-order valence-electron chi connectivity index (χ4n) is 5.38. The summed E-state index contributed by atoms with van der Waals surface area (Å²) in [4.78, 5) is 9.60. The standard InChI is InChI=1S/C34H21N3S2/c1-2-10-31-27(8-1)28-13-11-24(34-36-30-14-12-22(20-33(30)39-34)25-15-17-38-21-25)19-32(28)37(31)26-7-5-6-23(18-26)29-9-3-4-16-35-29/h1-21H. The van der Waals surface area contributed by atoms with Crippen LogP contribution >= 0.6 is 22.7 Å². The lowest BCUT2D eigenvalue weighted by Gasteiger charge is -2.10. The second kappa shape index (κ2) is 9.02. The predicted molar refractivity (Wildman–Crippen MR) is 166 cm³/mol. The number of hydrogen-bond acceptors (Lipinski definition) is 4. The zero-order valence-electron chi connectivity index (χ0n) is 20.8. The van der Waals surface area contributed by atoms with Crippen LogP contribution in [0.2, 0.25) is 0 Å². The Balaban J connectivity index is 1.31. The van der Waals surface area contributed by atoms with Crippen LogP contribution in [0.4, 0.5) is 0 Å². The minimum atomic E-state index is 0.970. The van der Waals surface area contributed by atoms with E-state index in [0.29, 0.717) is 0 Å². The molecule has 4 heterocycles. The number of pyridine rings is 1. The van der Waals surface area contributed by atoms with E-state index in [0.717, 1.165) is 33.0 Å². The molecule has 4 aromatic heterocycles. The van der Waals surface area contributed by atoms with Crippen LogP contribution in [0.5, 0.6) is 0 Å². The maximum absolute atomic E-state index is 5.03. The summed E-state index contributed by atoms with van der Waals surface area (Å²) in [6.45, 7) is 0. The first-order valence-electron chi connectivity index (χ1n) is 12.8. The first-order chi connectivity index (χ1) is 19.3. The monoisotopic (exact) mass is 535 g/mol. The normalized spacial score (nSPS) is 11.6. The van der Waals surface area contributed by atoms with Crippen LogP contribution in [0.15, 0.2) is 126 Å². The molecular weight excluding hydrogens is 515 g/mol. The Hall–Kier alpha value is -4.58. The van der Waals surface area contributed by atoms with Gasteiger partial charge in [-0.3, -0.25) is 4.98 Å². The van der Waals surface area contributed by atoms with E-state index in [1.807, 2.05) is 18.3 Å². The van der Waals surface area contributed by atoms with Gasteiger partial charge in [-0.1, -0.05) is 54.6 Å². The third-order valence-electron chi connectivity index (χ3n) is 7.23. The van der Waals surface area contributed by atoms with Gasteiger partial charge >= 0.3 is 0 Å². The Morgan fingerprint density at radius 2 is 1.51 bits per heavy atom. The van der Waals surface area contributed by atoms with E-state index in [9.17, 15) is 0 Å². The Morgan fingerprint density at radius 1 is 0.615 bits per heavy atom. The molecule has 5 heteroatoms. The van der Waals surface area contributed by atoms with E-state index >= 15 is 0 Å². The molecule has 0 bridgehead atoms. The Morgan fingerprint density at radius 3 is 2.41 bits per heavy atom. The maximum Gasteiger partial charge on any atom is 0.124 e. The van der Waals surface area contributed by atoms with Crippen LogP contribution in [0.25, 0.3) is 70.7 Å². The summed E-state index contributed by atoms with van der Waals surface area (Å²) in [6, 6.07) is 38.8. The third-order valence-corrected chi connectivity index (χ3v) is 8.98. The van der Waals surface area contributed by atoms with Crippen LogP contribution in [-0.2, 0) is 0 Å². The SMILES string of the molecule is c1ccc(-c2cccc(-n3c4ccccc4c4ccc(-c5nc6ccc(-c7ccsc7)cc6s5)cc43)c2)nc1. The quantitative estimate of drug-likeness (QED) is 0.224. The molecule has 0 saturated carbocycles. The van der Waals surface area contributed by atoms with E-state index < -0.39 is 0 Å². The highest BCUT2D eigenvalue weighted by molar-refractivity contribution is 7.21. The van der Waals surface area contributed by atoms with Crippen LogP contribution in [-0.4, -0.2) is 14.5 Å². The largest absolute Gasteiger partial charge is 0.309 e. The Bertz CT molecular complexity index is 2120. The number of thiazole rings is 1. The van der Waals surface area contributed by atoms with Gasteiger partial charge in [0.1, 0.15) is 5.01 Å². The highest BCUT2D eigenvalue weighted by Crippen LogP contribution is 2.38. The first-order valence-corrected chi connectivity index (χ1v) is 14.6. The number of benzene rings is 4. The molecule has 0 aliphatic heterocycles. The summed E-state index contributed by atoms with van der Waals surface area (Å²) >= 11 is 3.48. The van der Waals surface area contributed by atoms with Gasteiger partial charge in [-0.05, 0) is 76.5 Å². The zero-order chi connectivity index (χ0) is 25.8. The van der Waals surface area contributed by atoms with Crippen molar-refractivity contribution in [2.75, 3.05) is 0 Å². The van der Waals surface area contributed by atoms with Gasteiger partial charge < -0.3 is 4.57 Å². The van der Waals surface area contributed by atoms with Gasteiger partial charge in [0.25, 0.3) is 0 Å². The molecule has 0 aliphatic carbocycles. The summed E-state index contributed by atoms with van der Waals surface area (Å²) in [5, 5.41) is 7.83. The average Bonchev–Trinajstić information content (AvgIpc) is 3.75. The minimum absolute atomic E-state index is 0.970. The molecule has 0 fully saturated rings. The van der Waals surface area contributed by atoms with Crippen molar-refractivity contribution in [2.45, 2.75) is 0 Å². The number of rotatable bonds is 4. The minimum Gasteiger partial charge on any atom is -0.309 e. The van der Waals surface area contributed by atoms with Crippen LogP contribution in [0.3, 0.4) is 0 Å². The number of hydrogen-bond donors (Lipinski definition) is 0. The topological polar surface area (TPSA) is 30.7 Å². The van der Waals surface area contributed by atoms with Gasteiger partial charge in [0.2, 0.25) is 0 Å². The van der Waals surface area contributed by atoms with Crippen molar-refractivity contribution in [2.24, 2.45) is 0 Å². The van der Waals surface area contributed by atoms with E-state index in [1.165, 1.54) is 37.6 Å². The molecule has 3 nitrogen and oxygen atoms in total. The molecule has 0 amide bonds. The second-order valence-electron chi connectivity index (χ2n) is 9.56. The molecule has 0 atom stereocenters. The van der Waals surface area contributed by atoms with Crippen molar-refractivity contribution in [3.63, 3.8) is 0 Å². The Labute approximate surface area is 233 Å². The van der Waals surface area contributed by atoms with E-state index in [1.54, 1.807) is 22.7 Å². The maximum atomic E-state index is 5.03. The smallest absolute Gasteiger partial charge is 0.124 e. The van der Waals surface area contributed by atoms with Crippen LogP contribution in [0.1, 0.15) is 0 Å². The highest BCUT2D eigenvalue weighted by atomic mass is 32.1. The molecule has 4 aromatic carbocycles. The zero-order valence-corrected chi connectivity index (χ0v) is 22.4. The molecule has 8 aromatic rings. The fraction of sp³-hybridized carbons (Fsp3) is 0. The first kappa shape index (κ1) is 22.4. The number of para-hydroxylation sites is 1. The van der Waals surface area contributed by atoms with Crippen LogP contribution in [0, 0.1) is 0 Å². The van der Waals surface area contributed by atoms with Crippen molar-refractivity contribution < 1.29 is 0 Å². The molecular formula is C34H21N3S2. The summed E-state index contributed by atoms with van der Waals surface area (Å²) in [7, 11) is 0. The summed E-state index contributed by atoms with van der Waals surface area (Å²) < 4.78 is 3.57. The van der Waals surface area contributed by atoms with Crippen molar-refractivity contribution in [1.82, 2.24) is 14.5 Å². The van der Waals surface area contributed by atoms with E-state index in [2.05, 4.69) is 117 Å². The molecule has 8 rings (SSSR count). The highest BCUT2D eigenvalue weighted by Gasteiger charge is 2.15. The molecule has 0 aliphatic rings. The van der Waals surface area contributed by atoms with Gasteiger partial charge in [-0.2, -0.15) is 11.3 Å². The second-order valence-corrected chi connectivity index (χ2v) is 11.4. The van der Waals surface area contributed by atoms with E-state index in [4.69, 9.17) is 4.98 Å². The average molecular weight is 536 g/mol. The van der Waals surface area contributed by atoms with Crippen molar-refractivity contribution >= 4 is 54.7 Å². The fourth-order valence-corrected chi connectivity index (χ4v) is 7.04. The molecule has 39 heavy (non-hydrogen) atoms. The number of aromatic nitrogens is 3. The predicted octanol–water partition coefficient (Wildman–Crippen LogP) is 9.85. The molecule has 0 unspecified atom stereocenters. The molecule has 0 spiro atoms. The lowest BCUT2D eigenvalue weighted by molar-refractivity contribution is 1.18. The molecule has 0 saturated heterocycles. The van der Waals surface area contributed by atoms with Crippen molar-refractivity contribution in [1.29, 1.82) is 0 Å². The number of fused-ring (bicyclic) bond motifs is 4. The van der Waals surface area contributed by atoms with E-state index in [-0.39, 0.29) is 0 Å². The lowest BCUT2D eigenvalue weighted by Crippen LogP contribution is -1.95. The lowest BCUT2D eigenvalue weighted by atomic mass is 10.1. The summed E-state index contributed by atoms with van der Waals surface area (Å²) in [5.74, 6) is 0. The van der Waals surface area contributed by atoms with Gasteiger partial charge in [-0.15, -0.1) is 11.3 Å². The molecule has 184 valence electrons.